The minimum atomic E-state index is -0.284. The molecule has 0 radical (unpaired) electrons. The predicted octanol–water partition coefficient (Wildman–Crippen LogP) is 1.92. The molecule has 18 heavy (non-hydrogen) atoms. The van der Waals surface area contributed by atoms with Crippen LogP contribution in [0.2, 0.25) is 0 Å². The lowest BCUT2D eigenvalue weighted by Gasteiger charge is -2.12. The first-order chi connectivity index (χ1) is 8.61. The molecular formula is C14H20N2O2. The van der Waals surface area contributed by atoms with E-state index < -0.39 is 0 Å². The lowest BCUT2D eigenvalue weighted by Crippen LogP contribution is -2.36. The van der Waals surface area contributed by atoms with Gasteiger partial charge in [-0.3, -0.25) is 9.59 Å². The average molecular weight is 248 g/mol. The molecule has 0 bridgehead atoms. The Morgan fingerprint density at radius 2 is 2.11 bits per heavy atom. The van der Waals surface area contributed by atoms with Gasteiger partial charge in [0.05, 0.1) is 0 Å². The third-order valence-electron chi connectivity index (χ3n) is 3.63. The van der Waals surface area contributed by atoms with Crippen molar-refractivity contribution < 1.29 is 4.79 Å². The number of nitrogens with one attached hydrogen (secondary N) is 2. The van der Waals surface area contributed by atoms with Crippen LogP contribution in [0.4, 0.5) is 0 Å². The molecule has 1 aromatic rings. The van der Waals surface area contributed by atoms with Crippen LogP contribution in [0.15, 0.2) is 10.9 Å². The van der Waals surface area contributed by atoms with Gasteiger partial charge in [-0.25, -0.2) is 0 Å². The van der Waals surface area contributed by atoms with Gasteiger partial charge >= 0.3 is 0 Å². The predicted molar refractivity (Wildman–Crippen MR) is 70.9 cm³/mol. The Morgan fingerprint density at radius 1 is 1.44 bits per heavy atom. The minimum Gasteiger partial charge on any atom is -0.349 e. The van der Waals surface area contributed by atoms with Crippen molar-refractivity contribution in [1.29, 1.82) is 0 Å². The van der Waals surface area contributed by atoms with E-state index in [1.165, 1.54) is 0 Å². The van der Waals surface area contributed by atoms with Crippen LogP contribution in [0.3, 0.4) is 0 Å². The number of hydrogen-bond donors (Lipinski definition) is 2. The van der Waals surface area contributed by atoms with Gasteiger partial charge in [0.15, 0.2) is 0 Å². The van der Waals surface area contributed by atoms with Gasteiger partial charge < -0.3 is 10.3 Å². The van der Waals surface area contributed by atoms with E-state index in [2.05, 4.69) is 10.3 Å². The lowest BCUT2D eigenvalue weighted by molar-refractivity contribution is 0.0936. The number of carbonyl (C=O) groups excluding carboxylic acids is 1. The molecule has 0 aliphatic heterocycles. The van der Waals surface area contributed by atoms with E-state index in [4.69, 9.17) is 0 Å². The molecule has 98 valence electrons. The van der Waals surface area contributed by atoms with Crippen LogP contribution < -0.4 is 10.9 Å². The van der Waals surface area contributed by atoms with Crippen LogP contribution in [0.1, 0.15) is 54.2 Å². The maximum Gasteiger partial charge on any atom is 0.261 e. The van der Waals surface area contributed by atoms with Crippen molar-refractivity contribution >= 4 is 5.91 Å². The molecule has 1 fully saturated rings. The molecule has 1 amide bonds. The fraction of sp³-hybridized carbons (Fsp3) is 0.571. The first-order valence-electron chi connectivity index (χ1n) is 6.65. The van der Waals surface area contributed by atoms with E-state index in [0.717, 1.165) is 43.4 Å². The van der Waals surface area contributed by atoms with Crippen LogP contribution in [0.5, 0.6) is 0 Å². The number of rotatable bonds is 3. The minimum absolute atomic E-state index is 0.233. The van der Waals surface area contributed by atoms with Crippen molar-refractivity contribution in [2.45, 2.75) is 52.0 Å². The first kappa shape index (κ1) is 12.9. The van der Waals surface area contributed by atoms with E-state index in [1.54, 1.807) is 6.07 Å². The van der Waals surface area contributed by atoms with E-state index in [0.29, 0.717) is 0 Å². The highest BCUT2D eigenvalue weighted by Crippen LogP contribution is 2.18. The van der Waals surface area contributed by atoms with Gasteiger partial charge in [-0.1, -0.05) is 19.8 Å². The van der Waals surface area contributed by atoms with E-state index in [1.807, 2.05) is 13.8 Å². The molecule has 4 heteroatoms. The second-order valence-electron chi connectivity index (χ2n) is 4.98. The van der Waals surface area contributed by atoms with Crippen LogP contribution in [0, 0.1) is 6.92 Å². The SMILES string of the molecule is CCc1[nH]c(=O)c(C(=O)NC2CCCC2)cc1C. The molecule has 1 saturated carbocycles. The third-order valence-corrected chi connectivity index (χ3v) is 3.63. The molecular weight excluding hydrogens is 228 g/mol. The number of amides is 1. The smallest absolute Gasteiger partial charge is 0.261 e. The monoisotopic (exact) mass is 248 g/mol. The highest BCUT2D eigenvalue weighted by Gasteiger charge is 2.20. The van der Waals surface area contributed by atoms with Crippen molar-refractivity contribution in [2.75, 3.05) is 0 Å². The second kappa shape index (κ2) is 5.38. The Labute approximate surface area is 107 Å². The summed E-state index contributed by atoms with van der Waals surface area (Å²) in [7, 11) is 0. The largest absolute Gasteiger partial charge is 0.349 e. The standard InChI is InChI=1S/C14H20N2O2/c1-3-12-9(2)8-11(14(18)16-12)13(17)15-10-6-4-5-7-10/h8,10H,3-7H2,1-2H3,(H,15,17)(H,16,18). The zero-order valence-electron chi connectivity index (χ0n) is 11.0. The number of carbonyl (C=O) groups is 1. The fourth-order valence-electron chi connectivity index (χ4n) is 2.54. The Bertz CT molecular complexity index is 499. The number of H-pyrrole nitrogens is 1. The van der Waals surface area contributed by atoms with Crippen LogP contribution in [-0.2, 0) is 6.42 Å². The van der Waals surface area contributed by atoms with Crippen molar-refractivity contribution in [2.24, 2.45) is 0 Å². The highest BCUT2D eigenvalue weighted by molar-refractivity contribution is 5.94. The van der Waals surface area contributed by atoms with Gasteiger partial charge in [0.25, 0.3) is 11.5 Å². The first-order valence-corrected chi connectivity index (χ1v) is 6.65. The zero-order valence-corrected chi connectivity index (χ0v) is 11.0. The molecule has 1 aliphatic carbocycles. The molecule has 1 heterocycles. The van der Waals surface area contributed by atoms with Gasteiger partial charge in [-0.15, -0.1) is 0 Å². The summed E-state index contributed by atoms with van der Waals surface area (Å²) in [4.78, 5) is 26.7. The van der Waals surface area contributed by atoms with Gasteiger partial charge in [0, 0.05) is 11.7 Å². The number of pyridine rings is 1. The van der Waals surface area contributed by atoms with Gasteiger partial charge in [-0.05, 0) is 37.8 Å². The van der Waals surface area contributed by atoms with Crippen LogP contribution >= 0.6 is 0 Å². The van der Waals surface area contributed by atoms with Crippen molar-refractivity contribution in [3.8, 4) is 0 Å². The Balaban J connectivity index is 2.19. The molecule has 0 unspecified atom stereocenters. The summed E-state index contributed by atoms with van der Waals surface area (Å²) in [5.41, 5.74) is 1.82. The maximum absolute atomic E-state index is 12.0. The third kappa shape index (κ3) is 2.63. The Kier molecular flexibility index (Phi) is 3.84. The molecule has 0 atom stereocenters. The lowest BCUT2D eigenvalue weighted by atomic mass is 10.1. The van der Waals surface area contributed by atoms with Crippen molar-refractivity contribution in [1.82, 2.24) is 10.3 Å². The zero-order chi connectivity index (χ0) is 13.1. The summed E-state index contributed by atoms with van der Waals surface area (Å²) in [6.07, 6.45) is 5.14. The quantitative estimate of drug-likeness (QED) is 0.858. The summed E-state index contributed by atoms with van der Waals surface area (Å²) in [5, 5.41) is 2.94. The molecule has 0 spiro atoms. The summed E-state index contributed by atoms with van der Waals surface area (Å²) in [5.74, 6) is -0.242. The molecule has 1 aromatic heterocycles. The number of aromatic amines is 1. The highest BCUT2D eigenvalue weighted by atomic mass is 16.2. The van der Waals surface area contributed by atoms with Gasteiger partial charge in [0.1, 0.15) is 5.56 Å². The Hall–Kier alpha value is -1.58. The second-order valence-corrected chi connectivity index (χ2v) is 4.98. The average Bonchev–Trinajstić information content (AvgIpc) is 2.84. The van der Waals surface area contributed by atoms with E-state index in [-0.39, 0.29) is 23.1 Å². The number of aromatic nitrogens is 1. The topological polar surface area (TPSA) is 62.0 Å². The van der Waals surface area contributed by atoms with E-state index in [9.17, 15) is 9.59 Å². The van der Waals surface area contributed by atoms with Gasteiger partial charge in [-0.2, -0.15) is 0 Å². The summed E-state index contributed by atoms with van der Waals surface area (Å²) in [6, 6.07) is 1.94. The van der Waals surface area contributed by atoms with E-state index >= 15 is 0 Å². The molecule has 0 saturated heterocycles. The van der Waals surface area contributed by atoms with Crippen LogP contribution in [-0.4, -0.2) is 16.9 Å². The molecule has 4 nitrogen and oxygen atoms in total. The van der Waals surface area contributed by atoms with Gasteiger partial charge in [0.2, 0.25) is 0 Å². The molecule has 1 aliphatic rings. The normalized spacial score (nSPS) is 15.9. The summed E-state index contributed by atoms with van der Waals surface area (Å²) in [6.45, 7) is 3.90. The number of hydrogen-bond acceptors (Lipinski definition) is 2. The molecule has 2 rings (SSSR count). The maximum atomic E-state index is 12.0. The molecule has 0 aromatic carbocycles. The van der Waals surface area contributed by atoms with Crippen LogP contribution in [0.25, 0.3) is 0 Å². The van der Waals surface area contributed by atoms with Crippen molar-refractivity contribution in [3.05, 3.63) is 33.2 Å². The summed E-state index contributed by atoms with van der Waals surface area (Å²) >= 11 is 0. The Morgan fingerprint density at radius 3 is 2.72 bits per heavy atom. The fourth-order valence-corrected chi connectivity index (χ4v) is 2.54. The summed E-state index contributed by atoms with van der Waals surface area (Å²) < 4.78 is 0. The number of aryl methyl sites for hydroxylation is 2. The van der Waals surface area contributed by atoms with Crippen molar-refractivity contribution in [3.63, 3.8) is 0 Å². The molecule has 2 N–H and O–H groups in total.